The summed E-state index contributed by atoms with van der Waals surface area (Å²) in [6, 6.07) is 0. The third-order valence-electron chi connectivity index (χ3n) is 3.66. The lowest BCUT2D eigenvalue weighted by atomic mass is 10.2. The number of aromatic nitrogens is 2. The molecule has 1 aliphatic rings. The van der Waals surface area contributed by atoms with E-state index in [1.54, 1.807) is 6.20 Å². The Morgan fingerprint density at radius 3 is 3.00 bits per heavy atom. The van der Waals surface area contributed by atoms with E-state index < -0.39 is 24.1 Å². The summed E-state index contributed by atoms with van der Waals surface area (Å²) in [6.07, 6.45) is 1.57. The van der Waals surface area contributed by atoms with E-state index >= 15 is 0 Å². The quantitative estimate of drug-likeness (QED) is 0.595. The lowest BCUT2D eigenvalue weighted by molar-refractivity contribution is -0.0460. The molecule has 8 nitrogen and oxygen atoms in total. The van der Waals surface area contributed by atoms with E-state index in [1.807, 2.05) is 0 Å². The van der Waals surface area contributed by atoms with Crippen molar-refractivity contribution in [1.29, 1.82) is 0 Å². The standard InChI is InChI=1S/C14H23N3O5/c1-2-3-4-21-8-9-6-17(14(20)16-13(9)15)12-5-10(19)11(7-18)22-12/h6,10-12,18-19H,2-5,7-8H2,1H3,(H2,15,16,20)/t10-,11+,12+/m0/s1. The summed E-state index contributed by atoms with van der Waals surface area (Å²) in [6.45, 7) is 2.64. The Hall–Kier alpha value is -1.48. The Kier molecular flexibility index (Phi) is 5.90. The minimum absolute atomic E-state index is 0.134. The van der Waals surface area contributed by atoms with Gasteiger partial charge in [-0.3, -0.25) is 4.57 Å². The Bertz CT molecular complexity index is 548. The maximum Gasteiger partial charge on any atom is 0.351 e. The molecule has 124 valence electrons. The molecule has 3 atom stereocenters. The maximum atomic E-state index is 12.0. The van der Waals surface area contributed by atoms with Crippen LogP contribution < -0.4 is 11.4 Å². The van der Waals surface area contributed by atoms with Gasteiger partial charge in [0, 0.05) is 24.8 Å². The molecule has 4 N–H and O–H groups in total. The smallest absolute Gasteiger partial charge is 0.351 e. The fraction of sp³-hybridized carbons (Fsp3) is 0.714. The second kappa shape index (κ2) is 7.68. The summed E-state index contributed by atoms with van der Waals surface area (Å²) < 4.78 is 12.3. The largest absolute Gasteiger partial charge is 0.394 e. The van der Waals surface area contributed by atoms with Crippen molar-refractivity contribution >= 4 is 5.82 Å². The van der Waals surface area contributed by atoms with Crippen LogP contribution in [0.2, 0.25) is 0 Å². The average Bonchev–Trinajstić information content (AvgIpc) is 2.86. The number of anilines is 1. The molecule has 2 heterocycles. The third-order valence-corrected chi connectivity index (χ3v) is 3.66. The highest BCUT2D eigenvalue weighted by atomic mass is 16.5. The van der Waals surface area contributed by atoms with Crippen molar-refractivity contribution < 1.29 is 19.7 Å². The van der Waals surface area contributed by atoms with Crippen LogP contribution in [0.25, 0.3) is 0 Å². The summed E-state index contributed by atoms with van der Waals surface area (Å²) in [5, 5.41) is 18.9. The highest BCUT2D eigenvalue weighted by Gasteiger charge is 2.35. The van der Waals surface area contributed by atoms with E-state index in [0.29, 0.717) is 12.2 Å². The lowest BCUT2D eigenvalue weighted by Gasteiger charge is -2.16. The van der Waals surface area contributed by atoms with Crippen molar-refractivity contribution in [3.63, 3.8) is 0 Å². The Morgan fingerprint density at radius 2 is 2.36 bits per heavy atom. The van der Waals surface area contributed by atoms with E-state index in [1.165, 1.54) is 4.57 Å². The fourth-order valence-corrected chi connectivity index (χ4v) is 2.32. The van der Waals surface area contributed by atoms with Crippen LogP contribution in [0.3, 0.4) is 0 Å². The predicted octanol–water partition coefficient (Wildman–Crippen LogP) is -0.217. The van der Waals surface area contributed by atoms with Gasteiger partial charge in [-0.15, -0.1) is 0 Å². The Morgan fingerprint density at radius 1 is 1.59 bits per heavy atom. The summed E-state index contributed by atoms with van der Waals surface area (Å²) in [7, 11) is 0. The van der Waals surface area contributed by atoms with Gasteiger partial charge >= 0.3 is 5.69 Å². The maximum absolute atomic E-state index is 12.0. The van der Waals surface area contributed by atoms with Crippen molar-refractivity contribution in [3.05, 3.63) is 22.2 Å². The van der Waals surface area contributed by atoms with Crippen LogP contribution in [0.5, 0.6) is 0 Å². The van der Waals surface area contributed by atoms with E-state index in [2.05, 4.69) is 11.9 Å². The molecule has 1 aliphatic heterocycles. The second-order valence-corrected chi connectivity index (χ2v) is 5.36. The number of aliphatic hydroxyl groups excluding tert-OH is 2. The number of aliphatic hydroxyl groups is 2. The van der Waals surface area contributed by atoms with E-state index in [4.69, 9.17) is 20.3 Å². The first kappa shape index (κ1) is 16.9. The highest BCUT2D eigenvalue weighted by molar-refractivity contribution is 5.36. The van der Waals surface area contributed by atoms with Crippen LogP contribution in [-0.2, 0) is 16.1 Å². The van der Waals surface area contributed by atoms with E-state index in [9.17, 15) is 9.90 Å². The molecule has 0 saturated carbocycles. The first-order valence-electron chi connectivity index (χ1n) is 7.46. The minimum Gasteiger partial charge on any atom is -0.394 e. The summed E-state index contributed by atoms with van der Waals surface area (Å²) in [4.78, 5) is 15.7. The van der Waals surface area contributed by atoms with Gasteiger partial charge in [-0.1, -0.05) is 13.3 Å². The summed E-state index contributed by atoms with van der Waals surface area (Å²) in [5.41, 5.74) is 5.80. The number of rotatable bonds is 7. The van der Waals surface area contributed by atoms with Gasteiger partial charge in [-0.25, -0.2) is 4.79 Å². The van der Waals surface area contributed by atoms with Gasteiger partial charge < -0.3 is 25.4 Å². The van der Waals surface area contributed by atoms with Gasteiger partial charge in [0.25, 0.3) is 0 Å². The first-order valence-corrected chi connectivity index (χ1v) is 7.46. The molecule has 0 bridgehead atoms. The van der Waals surface area contributed by atoms with Crippen molar-refractivity contribution in [2.45, 2.75) is 51.2 Å². The molecule has 0 aliphatic carbocycles. The zero-order valence-corrected chi connectivity index (χ0v) is 12.6. The third kappa shape index (κ3) is 3.83. The number of hydrogen-bond donors (Lipinski definition) is 3. The van der Waals surface area contributed by atoms with Gasteiger partial charge in [0.15, 0.2) is 0 Å². The Labute approximate surface area is 128 Å². The number of nitrogens with two attached hydrogens (primary N) is 1. The van der Waals surface area contributed by atoms with Gasteiger partial charge in [0.1, 0.15) is 18.1 Å². The minimum atomic E-state index is -0.816. The summed E-state index contributed by atoms with van der Waals surface area (Å²) >= 11 is 0. The fourth-order valence-electron chi connectivity index (χ4n) is 2.32. The van der Waals surface area contributed by atoms with Gasteiger partial charge in [-0.05, 0) is 6.42 Å². The molecule has 1 fully saturated rings. The SMILES string of the molecule is CCCCOCc1cn([C@H]2C[C@H](O)[C@@H](CO)O2)c(=O)nc1N. The van der Waals surface area contributed by atoms with Crippen molar-refractivity contribution in [1.82, 2.24) is 9.55 Å². The normalized spacial score (nSPS) is 24.8. The first-order chi connectivity index (χ1) is 10.6. The number of hydrogen-bond acceptors (Lipinski definition) is 7. The monoisotopic (exact) mass is 313 g/mol. The Balaban J connectivity index is 2.13. The molecule has 1 aromatic rings. The number of unbranched alkanes of at least 4 members (excludes halogenated alkanes) is 1. The highest BCUT2D eigenvalue weighted by Crippen LogP contribution is 2.27. The van der Waals surface area contributed by atoms with Gasteiger partial charge in [-0.2, -0.15) is 4.98 Å². The van der Waals surface area contributed by atoms with Crippen molar-refractivity contribution in [2.24, 2.45) is 0 Å². The van der Waals surface area contributed by atoms with Crippen LogP contribution >= 0.6 is 0 Å². The topological polar surface area (TPSA) is 120 Å². The molecule has 1 aromatic heterocycles. The van der Waals surface area contributed by atoms with Crippen LogP contribution in [-0.4, -0.2) is 45.2 Å². The molecular weight excluding hydrogens is 290 g/mol. The zero-order chi connectivity index (χ0) is 16.1. The molecule has 0 aromatic carbocycles. The lowest BCUT2D eigenvalue weighted by Crippen LogP contribution is -2.29. The average molecular weight is 313 g/mol. The van der Waals surface area contributed by atoms with Crippen LogP contribution in [0.4, 0.5) is 5.82 Å². The number of nitrogen functional groups attached to an aromatic ring is 1. The van der Waals surface area contributed by atoms with Crippen LogP contribution in [0.1, 0.15) is 38.0 Å². The van der Waals surface area contributed by atoms with Crippen LogP contribution in [0.15, 0.2) is 11.0 Å². The molecule has 0 unspecified atom stereocenters. The molecule has 8 heteroatoms. The molecule has 22 heavy (non-hydrogen) atoms. The van der Waals surface area contributed by atoms with Crippen LogP contribution in [0, 0.1) is 0 Å². The molecule has 0 spiro atoms. The molecular formula is C14H23N3O5. The van der Waals surface area contributed by atoms with Gasteiger partial charge in [0.05, 0.1) is 19.3 Å². The van der Waals surface area contributed by atoms with Gasteiger partial charge in [0.2, 0.25) is 0 Å². The molecule has 0 radical (unpaired) electrons. The summed E-state index contributed by atoms with van der Waals surface area (Å²) in [5.74, 6) is 0.134. The van der Waals surface area contributed by atoms with Crippen molar-refractivity contribution in [2.75, 3.05) is 18.9 Å². The zero-order valence-electron chi connectivity index (χ0n) is 12.6. The predicted molar refractivity (Wildman–Crippen MR) is 79.1 cm³/mol. The van der Waals surface area contributed by atoms with Crippen molar-refractivity contribution in [3.8, 4) is 0 Å². The van der Waals surface area contributed by atoms with E-state index in [0.717, 1.165) is 12.8 Å². The molecule has 2 rings (SSSR count). The number of ether oxygens (including phenoxy) is 2. The van der Waals surface area contributed by atoms with E-state index in [-0.39, 0.29) is 25.5 Å². The molecule has 1 saturated heterocycles. The second-order valence-electron chi connectivity index (χ2n) is 5.36. The molecule has 0 amide bonds. The number of nitrogens with zero attached hydrogens (tertiary/aromatic N) is 2.